The molecule has 0 aliphatic carbocycles. The number of fused-ring (bicyclic) bond motifs is 3. The quantitative estimate of drug-likeness (QED) is 0.801. The van der Waals surface area contributed by atoms with E-state index in [2.05, 4.69) is 6.07 Å². The minimum absolute atomic E-state index is 0.201. The second-order valence-electron chi connectivity index (χ2n) is 5.36. The normalized spacial score (nSPS) is 19.1. The maximum absolute atomic E-state index is 11.9. The highest BCUT2D eigenvalue weighted by molar-refractivity contribution is 5.79. The zero-order chi connectivity index (χ0) is 14.9. The van der Waals surface area contributed by atoms with E-state index in [0.717, 1.165) is 22.4 Å². The highest BCUT2D eigenvalue weighted by Gasteiger charge is 2.38. The number of hydrogen-bond acceptors (Lipinski definition) is 3. The topological polar surface area (TPSA) is 35.5 Å². The molecule has 108 valence electrons. The third-order valence-corrected chi connectivity index (χ3v) is 3.80. The first kappa shape index (κ1) is 13.7. The Bertz CT molecular complexity index is 678. The molecule has 2 aromatic rings. The van der Waals surface area contributed by atoms with Gasteiger partial charge in [0.25, 0.3) is 0 Å². The number of hydrogen-bond donors (Lipinski definition) is 0. The lowest BCUT2D eigenvalue weighted by Crippen LogP contribution is -2.35. The summed E-state index contributed by atoms with van der Waals surface area (Å²) in [5.74, 6) is 0.567. The fourth-order valence-electron chi connectivity index (χ4n) is 2.87. The highest BCUT2D eigenvalue weighted by atomic mass is 16.5. The standard InChI is InChI=1S/C18H18O3/c1-3-20-17(19)12-18(2)15-10-6-4-8-13(15)14-9-5-7-11-16(14)21-18/h4-11H,3,12H2,1-2H3. The SMILES string of the molecule is CCOC(=O)CC1(C)Oc2ccccc2-c2ccccc21. The van der Waals surface area contributed by atoms with Crippen LogP contribution in [0.5, 0.6) is 5.75 Å². The predicted octanol–water partition coefficient (Wildman–Crippen LogP) is 3.91. The summed E-state index contributed by atoms with van der Waals surface area (Å²) in [6.45, 7) is 4.14. The van der Waals surface area contributed by atoms with Gasteiger partial charge in [0.2, 0.25) is 0 Å². The molecule has 0 saturated carbocycles. The van der Waals surface area contributed by atoms with Gasteiger partial charge in [0.15, 0.2) is 0 Å². The molecule has 0 N–H and O–H groups in total. The molecule has 3 heteroatoms. The molecule has 0 radical (unpaired) electrons. The van der Waals surface area contributed by atoms with Crippen LogP contribution in [0.1, 0.15) is 25.8 Å². The zero-order valence-electron chi connectivity index (χ0n) is 12.3. The Labute approximate surface area is 124 Å². The van der Waals surface area contributed by atoms with Crippen LogP contribution in [-0.4, -0.2) is 12.6 Å². The van der Waals surface area contributed by atoms with Gasteiger partial charge in [0.1, 0.15) is 11.4 Å². The third kappa shape index (κ3) is 2.40. The van der Waals surface area contributed by atoms with Crippen LogP contribution in [0.4, 0.5) is 0 Å². The minimum atomic E-state index is -0.697. The average Bonchev–Trinajstić information content (AvgIpc) is 2.47. The van der Waals surface area contributed by atoms with E-state index < -0.39 is 5.60 Å². The van der Waals surface area contributed by atoms with Gasteiger partial charge < -0.3 is 9.47 Å². The van der Waals surface area contributed by atoms with Crippen molar-refractivity contribution in [2.45, 2.75) is 25.9 Å². The number of para-hydroxylation sites is 1. The summed E-state index contributed by atoms with van der Waals surface area (Å²) in [4.78, 5) is 11.9. The summed E-state index contributed by atoms with van der Waals surface area (Å²) in [6, 6.07) is 16.0. The molecule has 21 heavy (non-hydrogen) atoms. The second-order valence-corrected chi connectivity index (χ2v) is 5.36. The van der Waals surface area contributed by atoms with Crippen LogP contribution in [0, 0.1) is 0 Å². The zero-order valence-corrected chi connectivity index (χ0v) is 12.3. The molecule has 0 spiro atoms. The number of carbonyl (C=O) groups excluding carboxylic acids is 1. The monoisotopic (exact) mass is 282 g/mol. The third-order valence-electron chi connectivity index (χ3n) is 3.80. The van der Waals surface area contributed by atoms with Gasteiger partial charge in [0.05, 0.1) is 13.0 Å². The van der Waals surface area contributed by atoms with Crippen LogP contribution in [-0.2, 0) is 15.1 Å². The Morgan fingerprint density at radius 2 is 1.76 bits per heavy atom. The van der Waals surface area contributed by atoms with Crippen LogP contribution in [0.2, 0.25) is 0 Å². The first-order valence-electron chi connectivity index (χ1n) is 7.17. The number of rotatable bonds is 3. The van der Waals surface area contributed by atoms with Gasteiger partial charge >= 0.3 is 5.97 Å². The van der Waals surface area contributed by atoms with Crippen molar-refractivity contribution < 1.29 is 14.3 Å². The molecule has 1 aliphatic heterocycles. The first-order valence-corrected chi connectivity index (χ1v) is 7.17. The molecule has 0 fully saturated rings. The molecule has 0 aromatic heterocycles. The van der Waals surface area contributed by atoms with Crippen molar-refractivity contribution in [3.05, 3.63) is 54.1 Å². The number of esters is 1. The number of carbonyl (C=O) groups is 1. The summed E-state index contributed by atoms with van der Waals surface area (Å²) < 4.78 is 11.3. The Morgan fingerprint density at radius 3 is 2.52 bits per heavy atom. The Kier molecular flexibility index (Phi) is 3.42. The highest BCUT2D eigenvalue weighted by Crippen LogP contribution is 2.46. The average molecular weight is 282 g/mol. The molecule has 0 amide bonds. The first-order chi connectivity index (χ1) is 10.1. The van der Waals surface area contributed by atoms with Crippen LogP contribution in [0.15, 0.2) is 48.5 Å². The smallest absolute Gasteiger partial charge is 0.310 e. The maximum atomic E-state index is 11.9. The Morgan fingerprint density at radius 1 is 1.10 bits per heavy atom. The van der Waals surface area contributed by atoms with Crippen molar-refractivity contribution in [3.63, 3.8) is 0 Å². The molecule has 3 nitrogen and oxygen atoms in total. The maximum Gasteiger partial charge on any atom is 0.310 e. The van der Waals surface area contributed by atoms with Crippen molar-refractivity contribution in [3.8, 4) is 16.9 Å². The predicted molar refractivity (Wildman–Crippen MR) is 81.1 cm³/mol. The van der Waals surface area contributed by atoms with Crippen LogP contribution < -0.4 is 4.74 Å². The minimum Gasteiger partial charge on any atom is -0.482 e. The summed E-state index contributed by atoms with van der Waals surface area (Å²) in [5, 5.41) is 0. The lowest BCUT2D eigenvalue weighted by Gasteiger charge is -2.37. The second kappa shape index (κ2) is 5.24. The van der Waals surface area contributed by atoms with Gasteiger partial charge in [0, 0.05) is 11.1 Å². The van der Waals surface area contributed by atoms with Crippen LogP contribution in [0.3, 0.4) is 0 Å². The molecule has 1 unspecified atom stereocenters. The number of ether oxygens (including phenoxy) is 2. The molecule has 1 heterocycles. The van der Waals surface area contributed by atoms with Gasteiger partial charge in [-0.1, -0.05) is 42.5 Å². The van der Waals surface area contributed by atoms with Gasteiger partial charge in [-0.3, -0.25) is 4.79 Å². The Hall–Kier alpha value is -2.29. The van der Waals surface area contributed by atoms with Gasteiger partial charge in [-0.25, -0.2) is 0 Å². The van der Waals surface area contributed by atoms with Crippen molar-refractivity contribution in [2.75, 3.05) is 6.61 Å². The summed E-state index contributed by atoms with van der Waals surface area (Å²) >= 11 is 0. The van der Waals surface area contributed by atoms with Crippen molar-refractivity contribution >= 4 is 5.97 Å². The van der Waals surface area contributed by atoms with E-state index >= 15 is 0 Å². The summed E-state index contributed by atoms with van der Waals surface area (Å²) in [5.41, 5.74) is 2.51. The summed E-state index contributed by atoms with van der Waals surface area (Å²) in [7, 11) is 0. The fraction of sp³-hybridized carbons (Fsp3) is 0.278. The lowest BCUT2D eigenvalue weighted by molar-refractivity contribution is -0.147. The molecule has 0 bridgehead atoms. The molecule has 1 aliphatic rings. The van der Waals surface area contributed by atoms with E-state index in [1.165, 1.54) is 0 Å². The molecular formula is C18H18O3. The van der Waals surface area contributed by atoms with E-state index in [-0.39, 0.29) is 12.4 Å². The fourth-order valence-corrected chi connectivity index (χ4v) is 2.87. The molecule has 2 aromatic carbocycles. The van der Waals surface area contributed by atoms with E-state index in [1.807, 2.05) is 56.3 Å². The molecular weight excluding hydrogens is 264 g/mol. The number of benzene rings is 2. The molecule has 3 rings (SSSR count). The lowest BCUT2D eigenvalue weighted by atomic mass is 9.83. The summed E-state index contributed by atoms with van der Waals surface area (Å²) in [6.07, 6.45) is 0.201. The van der Waals surface area contributed by atoms with Crippen molar-refractivity contribution in [2.24, 2.45) is 0 Å². The van der Waals surface area contributed by atoms with Gasteiger partial charge in [-0.2, -0.15) is 0 Å². The Balaban J connectivity index is 2.07. The van der Waals surface area contributed by atoms with E-state index in [1.54, 1.807) is 0 Å². The van der Waals surface area contributed by atoms with Gasteiger partial charge in [-0.15, -0.1) is 0 Å². The van der Waals surface area contributed by atoms with E-state index in [0.29, 0.717) is 6.61 Å². The largest absolute Gasteiger partial charge is 0.482 e. The van der Waals surface area contributed by atoms with E-state index in [4.69, 9.17) is 9.47 Å². The van der Waals surface area contributed by atoms with Crippen molar-refractivity contribution in [1.82, 2.24) is 0 Å². The van der Waals surface area contributed by atoms with Gasteiger partial charge in [-0.05, 0) is 25.5 Å². The molecule has 1 atom stereocenters. The van der Waals surface area contributed by atoms with Crippen molar-refractivity contribution in [1.29, 1.82) is 0 Å². The van der Waals surface area contributed by atoms with E-state index in [9.17, 15) is 4.79 Å². The molecule has 0 saturated heterocycles. The van der Waals surface area contributed by atoms with Crippen LogP contribution in [0.25, 0.3) is 11.1 Å². The van der Waals surface area contributed by atoms with Crippen LogP contribution >= 0.6 is 0 Å².